The predicted molar refractivity (Wildman–Crippen MR) is 125 cm³/mol. The third-order valence-corrected chi connectivity index (χ3v) is 8.46. The molecule has 0 aliphatic carbocycles. The number of nitrogens with one attached hydrogen (secondary N) is 1. The Labute approximate surface area is 189 Å². The first kappa shape index (κ1) is 21.6. The van der Waals surface area contributed by atoms with Gasteiger partial charge in [0.25, 0.3) is 5.91 Å². The molecule has 4 aromatic rings. The first-order valence-electron chi connectivity index (χ1n) is 9.60. The number of thiophene rings is 1. The number of fused-ring (bicyclic) bond motifs is 1. The van der Waals surface area contributed by atoms with Gasteiger partial charge in [0.1, 0.15) is 5.01 Å². The van der Waals surface area contributed by atoms with Gasteiger partial charge in [-0.1, -0.05) is 24.3 Å². The standard InChI is InChI=1S/C22H21N3O3S3/c1-15(21-24-19-10-3-4-11-20(19)30-21)25(2)22(26)16-7-5-9-18(13-16)31(27,28)23-14-17-8-6-12-29-17/h3-13,15,23H,14H2,1-2H3. The van der Waals surface area contributed by atoms with Crippen LogP contribution >= 0.6 is 22.7 Å². The maximum atomic E-state index is 13.1. The van der Waals surface area contributed by atoms with E-state index in [4.69, 9.17) is 0 Å². The molecule has 0 aliphatic heterocycles. The molecule has 1 atom stereocenters. The van der Waals surface area contributed by atoms with Crippen LogP contribution in [0, 0.1) is 0 Å². The molecule has 0 radical (unpaired) electrons. The van der Waals surface area contributed by atoms with Crippen LogP contribution in [-0.4, -0.2) is 31.3 Å². The zero-order valence-electron chi connectivity index (χ0n) is 17.0. The second-order valence-electron chi connectivity index (χ2n) is 7.04. The number of benzene rings is 2. The fourth-order valence-corrected chi connectivity index (χ4v) is 5.92. The Balaban J connectivity index is 1.52. The van der Waals surface area contributed by atoms with Gasteiger partial charge in [-0.2, -0.15) is 0 Å². The van der Waals surface area contributed by atoms with Gasteiger partial charge in [-0.25, -0.2) is 18.1 Å². The molecule has 2 aromatic carbocycles. The van der Waals surface area contributed by atoms with E-state index < -0.39 is 10.0 Å². The van der Waals surface area contributed by atoms with Crippen molar-refractivity contribution >= 4 is 48.8 Å². The van der Waals surface area contributed by atoms with Crippen LogP contribution in [0.1, 0.15) is 33.2 Å². The number of aromatic nitrogens is 1. The van der Waals surface area contributed by atoms with E-state index in [0.29, 0.717) is 5.56 Å². The minimum atomic E-state index is -3.73. The van der Waals surface area contributed by atoms with Gasteiger partial charge in [-0.15, -0.1) is 22.7 Å². The van der Waals surface area contributed by atoms with E-state index in [9.17, 15) is 13.2 Å². The molecular formula is C22H21N3O3S3. The molecule has 0 fully saturated rings. The van der Waals surface area contributed by atoms with Crippen LogP contribution < -0.4 is 4.72 Å². The predicted octanol–water partition coefficient (Wildman–Crippen LogP) is 4.67. The minimum Gasteiger partial charge on any atom is -0.333 e. The van der Waals surface area contributed by atoms with E-state index in [1.165, 1.54) is 23.5 Å². The van der Waals surface area contributed by atoms with E-state index in [1.54, 1.807) is 35.4 Å². The Kier molecular flexibility index (Phi) is 6.19. The second kappa shape index (κ2) is 8.88. The SMILES string of the molecule is CC(c1nc2ccccc2s1)N(C)C(=O)c1cccc(S(=O)(=O)NCc2cccs2)c1. The highest BCUT2D eigenvalue weighted by Crippen LogP contribution is 2.29. The molecule has 1 N–H and O–H groups in total. The number of para-hydroxylation sites is 1. The van der Waals surface area contributed by atoms with Gasteiger partial charge in [-0.3, -0.25) is 4.79 Å². The molecule has 0 aliphatic rings. The Morgan fingerprint density at radius 1 is 1.13 bits per heavy atom. The summed E-state index contributed by atoms with van der Waals surface area (Å²) in [6, 6.07) is 17.5. The van der Waals surface area contributed by atoms with Crippen LogP contribution in [0.3, 0.4) is 0 Å². The molecule has 1 amide bonds. The number of carbonyl (C=O) groups excluding carboxylic acids is 1. The number of sulfonamides is 1. The Bertz CT molecular complexity index is 1280. The van der Waals surface area contributed by atoms with Crippen molar-refractivity contribution in [2.45, 2.75) is 24.4 Å². The highest BCUT2D eigenvalue weighted by atomic mass is 32.2. The number of rotatable bonds is 7. The summed E-state index contributed by atoms with van der Waals surface area (Å²) in [4.78, 5) is 20.3. The smallest absolute Gasteiger partial charge is 0.254 e. The summed E-state index contributed by atoms with van der Waals surface area (Å²) in [7, 11) is -2.03. The summed E-state index contributed by atoms with van der Waals surface area (Å²) in [5, 5.41) is 2.73. The van der Waals surface area contributed by atoms with Gasteiger partial charge in [0, 0.05) is 24.0 Å². The maximum absolute atomic E-state index is 13.1. The number of carbonyl (C=O) groups is 1. The van der Waals surface area contributed by atoms with Gasteiger partial charge in [0.2, 0.25) is 10.0 Å². The van der Waals surface area contributed by atoms with E-state index in [1.807, 2.05) is 48.7 Å². The van der Waals surface area contributed by atoms with Crippen molar-refractivity contribution in [1.29, 1.82) is 0 Å². The molecule has 0 spiro atoms. The normalized spacial score (nSPS) is 12.7. The van der Waals surface area contributed by atoms with Crippen LogP contribution in [0.2, 0.25) is 0 Å². The van der Waals surface area contributed by atoms with E-state index >= 15 is 0 Å². The molecule has 4 rings (SSSR count). The molecule has 31 heavy (non-hydrogen) atoms. The van der Waals surface area contributed by atoms with Gasteiger partial charge in [-0.05, 0) is 48.7 Å². The summed E-state index contributed by atoms with van der Waals surface area (Å²) < 4.78 is 29.0. The second-order valence-corrected chi connectivity index (χ2v) is 10.9. The van der Waals surface area contributed by atoms with Crippen molar-refractivity contribution in [2.75, 3.05) is 7.05 Å². The Morgan fingerprint density at radius 3 is 2.68 bits per heavy atom. The topological polar surface area (TPSA) is 79.4 Å². The maximum Gasteiger partial charge on any atom is 0.254 e. The molecule has 160 valence electrons. The van der Waals surface area contributed by atoms with E-state index in [2.05, 4.69) is 9.71 Å². The molecule has 2 aromatic heterocycles. The molecule has 0 bridgehead atoms. The van der Waals surface area contributed by atoms with Crippen molar-refractivity contribution in [3.8, 4) is 0 Å². The lowest BCUT2D eigenvalue weighted by molar-refractivity contribution is 0.0742. The highest BCUT2D eigenvalue weighted by Gasteiger charge is 2.23. The lowest BCUT2D eigenvalue weighted by atomic mass is 10.2. The number of hydrogen-bond acceptors (Lipinski definition) is 6. The van der Waals surface area contributed by atoms with Crippen molar-refractivity contribution < 1.29 is 13.2 Å². The highest BCUT2D eigenvalue weighted by molar-refractivity contribution is 7.89. The van der Waals surface area contributed by atoms with E-state index in [0.717, 1.165) is 20.1 Å². The Hall–Kier alpha value is -2.59. The zero-order valence-corrected chi connectivity index (χ0v) is 19.4. The summed E-state index contributed by atoms with van der Waals surface area (Å²) in [5.74, 6) is -0.262. The first-order chi connectivity index (χ1) is 14.8. The number of hydrogen-bond donors (Lipinski definition) is 1. The molecule has 0 saturated heterocycles. The minimum absolute atomic E-state index is 0.0657. The van der Waals surface area contributed by atoms with Crippen LogP contribution in [0.5, 0.6) is 0 Å². The third-order valence-electron chi connectivity index (χ3n) is 4.98. The van der Waals surface area contributed by atoms with Crippen LogP contribution in [-0.2, 0) is 16.6 Å². The molecule has 9 heteroatoms. The lowest BCUT2D eigenvalue weighted by Crippen LogP contribution is -2.30. The van der Waals surface area contributed by atoms with Crippen molar-refractivity contribution in [3.05, 3.63) is 81.5 Å². The summed E-state index contributed by atoms with van der Waals surface area (Å²) >= 11 is 3.03. The van der Waals surface area contributed by atoms with Crippen molar-refractivity contribution in [1.82, 2.24) is 14.6 Å². The van der Waals surface area contributed by atoms with Crippen LogP contribution in [0.15, 0.2) is 70.9 Å². The Morgan fingerprint density at radius 2 is 1.94 bits per heavy atom. The fraction of sp³-hybridized carbons (Fsp3) is 0.182. The van der Waals surface area contributed by atoms with Crippen LogP contribution in [0.4, 0.5) is 0 Å². The zero-order chi connectivity index (χ0) is 22.0. The van der Waals surface area contributed by atoms with E-state index in [-0.39, 0.29) is 23.4 Å². The summed E-state index contributed by atoms with van der Waals surface area (Å²) in [6.45, 7) is 2.13. The largest absolute Gasteiger partial charge is 0.333 e. The van der Waals surface area contributed by atoms with Gasteiger partial charge in [0.15, 0.2) is 0 Å². The first-order valence-corrected chi connectivity index (χ1v) is 12.8. The van der Waals surface area contributed by atoms with Gasteiger partial charge in [0.05, 0.1) is 21.2 Å². The van der Waals surface area contributed by atoms with Gasteiger partial charge >= 0.3 is 0 Å². The molecule has 2 heterocycles. The average molecular weight is 472 g/mol. The van der Waals surface area contributed by atoms with Crippen molar-refractivity contribution in [2.24, 2.45) is 0 Å². The lowest BCUT2D eigenvalue weighted by Gasteiger charge is -2.23. The van der Waals surface area contributed by atoms with Gasteiger partial charge < -0.3 is 4.90 Å². The number of nitrogens with zero attached hydrogens (tertiary/aromatic N) is 2. The quantitative estimate of drug-likeness (QED) is 0.425. The molecule has 0 saturated carbocycles. The number of amides is 1. The third kappa shape index (κ3) is 4.69. The molecular weight excluding hydrogens is 450 g/mol. The summed E-state index contributed by atoms with van der Waals surface area (Å²) in [6.07, 6.45) is 0. The molecule has 6 nitrogen and oxygen atoms in total. The van der Waals surface area contributed by atoms with Crippen LogP contribution in [0.25, 0.3) is 10.2 Å². The van der Waals surface area contributed by atoms with Crippen molar-refractivity contribution in [3.63, 3.8) is 0 Å². The fourth-order valence-electron chi connectivity index (χ4n) is 3.07. The monoisotopic (exact) mass is 471 g/mol. The average Bonchev–Trinajstić information content (AvgIpc) is 3.46. The molecule has 1 unspecified atom stereocenters. The summed E-state index contributed by atoms with van der Waals surface area (Å²) in [5.41, 5.74) is 1.22. The number of thiazole rings is 1.